The summed E-state index contributed by atoms with van der Waals surface area (Å²) in [7, 11) is 0. The number of benzene rings is 1. The van der Waals surface area contributed by atoms with E-state index in [0.717, 1.165) is 5.56 Å². The van der Waals surface area contributed by atoms with Gasteiger partial charge in [-0.25, -0.2) is 4.79 Å². The van der Waals surface area contributed by atoms with Crippen molar-refractivity contribution in [1.82, 2.24) is 5.32 Å². The van der Waals surface area contributed by atoms with Gasteiger partial charge in [-0.2, -0.15) is 0 Å². The molecule has 0 heterocycles. The highest BCUT2D eigenvalue weighted by Crippen LogP contribution is 2.02. The van der Waals surface area contributed by atoms with Gasteiger partial charge in [0.1, 0.15) is 0 Å². The average molecular weight is 239 g/mol. The van der Waals surface area contributed by atoms with Crippen LogP contribution in [0.5, 0.6) is 0 Å². The number of ether oxygens (including phenoxy) is 1. The summed E-state index contributed by atoms with van der Waals surface area (Å²) in [5.41, 5.74) is 1.01. The lowest BCUT2D eigenvalue weighted by Crippen LogP contribution is -2.42. The number of rotatable bonds is 6. The first-order valence-electron chi connectivity index (χ1n) is 5.39. The molecule has 2 atom stereocenters. The minimum Gasteiger partial charge on any atom is -0.465 e. The van der Waals surface area contributed by atoms with Crippen LogP contribution in [0.2, 0.25) is 0 Å². The van der Waals surface area contributed by atoms with Gasteiger partial charge >= 0.3 is 6.09 Å². The molecule has 1 aromatic rings. The molecule has 3 N–H and O–H groups in total. The van der Waals surface area contributed by atoms with Gasteiger partial charge in [-0.15, -0.1) is 0 Å². The molecule has 0 aliphatic heterocycles. The Kier molecular flexibility index (Phi) is 5.45. The molecule has 0 aliphatic rings. The predicted molar refractivity (Wildman–Crippen MR) is 62.7 cm³/mol. The molecule has 94 valence electrons. The maximum absolute atomic E-state index is 10.3. The molecule has 0 saturated heterocycles. The summed E-state index contributed by atoms with van der Waals surface area (Å²) >= 11 is 0. The molecule has 1 aromatic carbocycles. The monoisotopic (exact) mass is 239 g/mol. The van der Waals surface area contributed by atoms with E-state index in [4.69, 9.17) is 9.84 Å². The summed E-state index contributed by atoms with van der Waals surface area (Å²) in [6.45, 7) is 2.08. The Morgan fingerprint density at radius 2 is 2.06 bits per heavy atom. The van der Waals surface area contributed by atoms with Gasteiger partial charge < -0.3 is 20.3 Å². The summed E-state index contributed by atoms with van der Waals surface area (Å²) in [6, 6.07) is 9.02. The number of aliphatic hydroxyl groups is 1. The van der Waals surface area contributed by atoms with Crippen LogP contribution in [0.3, 0.4) is 0 Å². The molecule has 5 nitrogen and oxygen atoms in total. The lowest BCUT2D eigenvalue weighted by atomic mass is 10.2. The molecule has 0 unspecified atom stereocenters. The summed E-state index contributed by atoms with van der Waals surface area (Å²) in [4.78, 5) is 10.3. The zero-order valence-corrected chi connectivity index (χ0v) is 9.67. The average Bonchev–Trinajstić information content (AvgIpc) is 2.29. The third-order valence-corrected chi connectivity index (χ3v) is 2.33. The third-order valence-electron chi connectivity index (χ3n) is 2.33. The molecule has 0 fully saturated rings. The van der Waals surface area contributed by atoms with Gasteiger partial charge in [0.05, 0.1) is 25.4 Å². The Balaban J connectivity index is 2.24. The lowest BCUT2D eigenvalue weighted by molar-refractivity contribution is 0.0130. The second-order valence-corrected chi connectivity index (χ2v) is 3.81. The Morgan fingerprint density at radius 1 is 1.41 bits per heavy atom. The van der Waals surface area contributed by atoms with Crippen LogP contribution in [0.15, 0.2) is 30.3 Å². The van der Waals surface area contributed by atoms with E-state index in [1.54, 1.807) is 6.92 Å². The standard InChI is InChI=1S/C12H17NO4/c1-9(13-12(15)16)11(14)8-17-7-10-5-3-2-4-6-10/h2-6,9,11,13-14H,7-8H2,1H3,(H,15,16)/t9-,11-/m1/s1. The van der Waals surface area contributed by atoms with Crippen molar-refractivity contribution in [2.24, 2.45) is 0 Å². The van der Waals surface area contributed by atoms with Crippen molar-refractivity contribution in [3.05, 3.63) is 35.9 Å². The largest absolute Gasteiger partial charge is 0.465 e. The van der Waals surface area contributed by atoms with E-state index in [-0.39, 0.29) is 6.61 Å². The zero-order valence-electron chi connectivity index (χ0n) is 9.67. The minimum atomic E-state index is -1.15. The second kappa shape index (κ2) is 6.88. The third kappa shape index (κ3) is 5.33. The first-order valence-corrected chi connectivity index (χ1v) is 5.39. The first-order chi connectivity index (χ1) is 8.09. The maximum Gasteiger partial charge on any atom is 0.404 e. The number of nitrogens with one attached hydrogen (secondary N) is 1. The summed E-state index contributed by atoms with van der Waals surface area (Å²) in [6.07, 6.45) is -2.01. The van der Waals surface area contributed by atoms with Gasteiger partial charge in [0, 0.05) is 0 Å². The Morgan fingerprint density at radius 3 is 2.65 bits per heavy atom. The fourth-order valence-corrected chi connectivity index (χ4v) is 1.31. The van der Waals surface area contributed by atoms with Crippen LogP contribution >= 0.6 is 0 Å². The van der Waals surface area contributed by atoms with Gasteiger partial charge in [0.2, 0.25) is 0 Å². The van der Waals surface area contributed by atoms with Crippen molar-refractivity contribution in [2.45, 2.75) is 25.7 Å². The minimum absolute atomic E-state index is 0.0936. The van der Waals surface area contributed by atoms with Crippen LogP contribution in [-0.4, -0.2) is 35.1 Å². The molecule has 1 rings (SSSR count). The van der Waals surface area contributed by atoms with Crippen molar-refractivity contribution in [2.75, 3.05) is 6.61 Å². The summed E-state index contributed by atoms with van der Waals surface area (Å²) < 4.78 is 5.30. The molecule has 0 radical (unpaired) electrons. The van der Waals surface area contributed by atoms with Crippen LogP contribution < -0.4 is 5.32 Å². The summed E-state index contributed by atoms with van der Waals surface area (Å²) in [5, 5.41) is 20.2. The van der Waals surface area contributed by atoms with Crippen molar-refractivity contribution >= 4 is 6.09 Å². The number of amides is 1. The first kappa shape index (κ1) is 13.5. The van der Waals surface area contributed by atoms with E-state index in [9.17, 15) is 9.90 Å². The van der Waals surface area contributed by atoms with Crippen LogP contribution in [0.4, 0.5) is 4.79 Å². The van der Waals surface area contributed by atoms with Gasteiger partial charge in [0.25, 0.3) is 0 Å². The van der Waals surface area contributed by atoms with E-state index in [1.807, 2.05) is 30.3 Å². The molecule has 5 heteroatoms. The Hall–Kier alpha value is -1.59. The second-order valence-electron chi connectivity index (χ2n) is 3.81. The van der Waals surface area contributed by atoms with Crippen molar-refractivity contribution in [3.63, 3.8) is 0 Å². The number of carboxylic acid groups (broad SMARTS) is 1. The van der Waals surface area contributed by atoms with Crippen LogP contribution in [0, 0.1) is 0 Å². The molecular formula is C12H17NO4. The van der Waals surface area contributed by atoms with Gasteiger partial charge in [-0.3, -0.25) is 0 Å². The van der Waals surface area contributed by atoms with Gasteiger partial charge in [-0.1, -0.05) is 30.3 Å². The predicted octanol–water partition coefficient (Wildman–Crippen LogP) is 1.22. The Labute approximate surface area is 100 Å². The number of hydrogen-bond donors (Lipinski definition) is 3. The number of hydrogen-bond acceptors (Lipinski definition) is 3. The number of carbonyl (C=O) groups is 1. The molecule has 0 saturated carbocycles. The molecule has 0 aliphatic carbocycles. The van der Waals surface area contributed by atoms with Crippen molar-refractivity contribution in [3.8, 4) is 0 Å². The molecule has 0 spiro atoms. The normalized spacial score (nSPS) is 14.0. The molecular weight excluding hydrogens is 222 g/mol. The molecule has 0 aromatic heterocycles. The highest BCUT2D eigenvalue weighted by Gasteiger charge is 2.15. The van der Waals surface area contributed by atoms with Crippen LogP contribution in [-0.2, 0) is 11.3 Å². The topological polar surface area (TPSA) is 78.8 Å². The highest BCUT2D eigenvalue weighted by atomic mass is 16.5. The highest BCUT2D eigenvalue weighted by molar-refractivity contribution is 5.64. The van der Waals surface area contributed by atoms with Crippen LogP contribution in [0.25, 0.3) is 0 Å². The van der Waals surface area contributed by atoms with Crippen molar-refractivity contribution in [1.29, 1.82) is 0 Å². The van der Waals surface area contributed by atoms with E-state index in [2.05, 4.69) is 5.32 Å². The van der Waals surface area contributed by atoms with E-state index in [1.165, 1.54) is 0 Å². The van der Waals surface area contributed by atoms with E-state index >= 15 is 0 Å². The van der Waals surface area contributed by atoms with Gasteiger partial charge in [0.15, 0.2) is 0 Å². The quantitative estimate of drug-likeness (QED) is 0.697. The van der Waals surface area contributed by atoms with E-state index < -0.39 is 18.2 Å². The molecule has 0 bridgehead atoms. The lowest BCUT2D eigenvalue weighted by Gasteiger charge is -2.18. The molecule has 1 amide bonds. The smallest absolute Gasteiger partial charge is 0.404 e. The van der Waals surface area contributed by atoms with Crippen molar-refractivity contribution < 1.29 is 19.7 Å². The Bertz CT molecular complexity index is 342. The molecule has 17 heavy (non-hydrogen) atoms. The van der Waals surface area contributed by atoms with Gasteiger partial charge in [-0.05, 0) is 12.5 Å². The fourth-order valence-electron chi connectivity index (χ4n) is 1.31. The fraction of sp³-hybridized carbons (Fsp3) is 0.417. The maximum atomic E-state index is 10.3. The SMILES string of the molecule is C[C@@H](NC(=O)O)[C@H](O)COCc1ccccc1. The zero-order chi connectivity index (χ0) is 12.7. The number of aliphatic hydroxyl groups excluding tert-OH is 1. The van der Waals surface area contributed by atoms with E-state index in [0.29, 0.717) is 6.61 Å². The summed E-state index contributed by atoms with van der Waals surface area (Å²) in [5.74, 6) is 0. The van der Waals surface area contributed by atoms with Crippen LogP contribution in [0.1, 0.15) is 12.5 Å².